The van der Waals surface area contributed by atoms with Crippen LogP contribution >= 0.6 is 27.5 Å². The van der Waals surface area contributed by atoms with Gasteiger partial charge >= 0.3 is 0 Å². The van der Waals surface area contributed by atoms with Gasteiger partial charge in [-0.15, -0.1) is 0 Å². The Hall–Kier alpha value is -1.10. The van der Waals surface area contributed by atoms with Gasteiger partial charge in [0, 0.05) is 12.1 Å². The summed E-state index contributed by atoms with van der Waals surface area (Å²) in [5.41, 5.74) is 6.71. The lowest BCUT2D eigenvalue weighted by Gasteiger charge is -2.14. The maximum absolute atomic E-state index is 13.5. The first-order valence-corrected chi connectivity index (χ1v) is 7.30. The van der Waals surface area contributed by atoms with Gasteiger partial charge < -0.3 is 10.5 Å². The van der Waals surface area contributed by atoms with E-state index >= 15 is 0 Å². The van der Waals surface area contributed by atoms with E-state index in [-0.39, 0.29) is 11.9 Å². The van der Waals surface area contributed by atoms with Crippen LogP contribution in [0.25, 0.3) is 0 Å². The first-order valence-electron chi connectivity index (χ1n) is 6.13. The van der Waals surface area contributed by atoms with Crippen LogP contribution in [0.15, 0.2) is 40.9 Å². The van der Waals surface area contributed by atoms with Crippen molar-refractivity contribution in [1.82, 2.24) is 0 Å². The smallest absolute Gasteiger partial charge is 0.149 e. The monoisotopic (exact) mass is 357 g/mol. The molecule has 0 saturated heterocycles. The van der Waals surface area contributed by atoms with Gasteiger partial charge in [-0.2, -0.15) is 0 Å². The Kier molecular flexibility index (Phi) is 5.02. The van der Waals surface area contributed by atoms with E-state index in [1.807, 2.05) is 19.1 Å². The Labute approximate surface area is 130 Å². The zero-order valence-corrected chi connectivity index (χ0v) is 13.2. The number of rotatable bonds is 4. The standard InChI is InChI=1S/C15H14BrClFNO/c1-9(19)7-10-3-2-4-13(17)15(10)20-11-5-6-12(16)14(18)8-11/h2-6,8-9H,7,19H2,1H3. The van der Waals surface area contributed by atoms with Crippen LogP contribution in [0.2, 0.25) is 5.02 Å². The van der Waals surface area contributed by atoms with E-state index in [0.717, 1.165) is 5.56 Å². The predicted octanol–water partition coefficient (Wildman–Crippen LogP) is 4.92. The molecular formula is C15H14BrClFNO. The molecule has 0 saturated carbocycles. The lowest BCUT2D eigenvalue weighted by molar-refractivity contribution is 0.468. The molecule has 0 aromatic heterocycles. The van der Waals surface area contributed by atoms with Gasteiger partial charge in [-0.25, -0.2) is 4.39 Å². The zero-order valence-electron chi connectivity index (χ0n) is 10.9. The van der Waals surface area contributed by atoms with Gasteiger partial charge in [-0.3, -0.25) is 0 Å². The molecule has 0 aliphatic carbocycles. The van der Waals surface area contributed by atoms with Crippen molar-refractivity contribution >= 4 is 27.5 Å². The summed E-state index contributed by atoms with van der Waals surface area (Å²) in [4.78, 5) is 0. The van der Waals surface area contributed by atoms with Gasteiger partial charge in [-0.1, -0.05) is 23.7 Å². The largest absolute Gasteiger partial charge is 0.455 e. The second kappa shape index (κ2) is 6.57. The van der Waals surface area contributed by atoms with Gasteiger partial charge in [-0.05, 0) is 53.0 Å². The minimum absolute atomic E-state index is 0.0162. The zero-order chi connectivity index (χ0) is 14.7. The minimum atomic E-state index is -0.386. The lowest BCUT2D eigenvalue weighted by atomic mass is 10.1. The van der Waals surface area contributed by atoms with Crippen molar-refractivity contribution in [1.29, 1.82) is 0 Å². The summed E-state index contributed by atoms with van der Waals surface area (Å²) in [6.07, 6.45) is 0.634. The van der Waals surface area contributed by atoms with Crippen LogP contribution in [-0.2, 0) is 6.42 Å². The number of halogens is 3. The van der Waals surface area contributed by atoms with Crippen molar-refractivity contribution in [3.05, 3.63) is 57.3 Å². The van der Waals surface area contributed by atoms with Crippen LogP contribution in [0.4, 0.5) is 4.39 Å². The van der Waals surface area contributed by atoms with Gasteiger partial charge in [0.1, 0.15) is 17.3 Å². The van der Waals surface area contributed by atoms with Gasteiger partial charge in [0.2, 0.25) is 0 Å². The van der Waals surface area contributed by atoms with E-state index in [4.69, 9.17) is 22.1 Å². The molecule has 0 spiro atoms. The van der Waals surface area contributed by atoms with E-state index in [0.29, 0.717) is 27.4 Å². The van der Waals surface area contributed by atoms with Crippen LogP contribution < -0.4 is 10.5 Å². The summed E-state index contributed by atoms with van der Waals surface area (Å²) in [6, 6.07) is 10.0. The fourth-order valence-corrected chi connectivity index (χ4v) is 2.31. The second-order valence-electron chi connectivity index (χ2n) is 4.59. The fraction of sp³-hybridized carbons (Fsp3) is 0.200. The van der Waals surface area contributed by atoms with Crippen molar-refractivity contribution in [3.8, 4) is 11.5 Å². The molecule has 0 aliphatic heterocycles. The molecule has 106 valence electrons. The highest BCUT2D eigenvalue weighted by molar-refractivity contribution is 9.10. The Balaban J connectivity index is 2.34. The molecule has 0 fully saturated rings. The Morgan fingerprint density at radius 3 is 2.75 bits per heavy atom. The summed E-state index contributed by atoms with van der Waals surface area (Å²) >= 11 is 9.27. The van der Waals surface area contributed by atoms with E-state index in [9.17, 15) is 4.39 Å². The third-order valence-electron chi connectivity index (χ3n) is 2.70. The molecule has 1 atom stereocenters. The van der Waals surface area contributed by atoms with Crippen molar-refractivity contribution in [3.63, 3.8) is 0 Å². The summed E-state index contributed by atoms with van der Waals surface area (Å²) in [5.74, 6) is 0.529. The number of nitrogens with two attached hydrogens (primary N) is 1. The molecule has 2 rings (SSSR count). The number of para-hydroxylation sites is 1. The van der Waals surface area contributed by atoms with Crippen LogP contribution in [0.1, 0.15) is 12.5 Å². The molecule has 0 amide bonds. The second-order valence-corrected chi connectivity index (χ2v) is 5.85. The van der Waals surface area contributed by atoms with Gasteiger partial charge in [0.05, 0.1) is 9.50 Å². The molecule has 2 nitrogen and oxygen atoms in total. The van der Waals surface area contributed by atoms with Crippen LogP contribution in [0.3, 0.4) is 0 Å². The maximum atomic E-state index is 13.5. The van der Waals surface area contributed by atoms with E-state index in [1.54, 1.807) is 18.2 Å². The van der Waals surface area contributed by atoms with Crippen molar-refractivity contribution < 1.29 is 9.13 Å². The average molecular weight is 359 g/mol. The van der Waals surface area contributed by atoms with Crippen LogP contribution in [0, 0.1) is 5.82 Å². The highest BCUT2D eigenvalue weighted by Crippen LogP contribution is 2.34. The van der Waals surface area contributed by atoms with Gasteiger partial charge in [0.25, 0.3) is 0 Å². The summed E-state index contributed by atoms with van der Waals surface area (Å²) in [7, 11) is 0. The first kappa shape index (κ1) is 15.3. The molecule has 2 aromatic rings. The summed E-state index contributed by atoms with van der Waals surface area (Å²) in [5, 5.41) is 0.478. The molecule has 2 N–H and O–H groups in total. The Morgan fingerprint density at radius 2 is 2.10 bits per heavy atom. The Morgan fingerprint density at radius 1 is 1.35 bits per heavy atom. The third kappa shape index (κ3) is 3.72. The number of hydrogen-bond acceptors (Lipinski definition) is 2. The maximum Gasteiger partial charge on any atom is 0.149 e. The molecule has 2 aromatic carbocycles. The van der Waals surface area contributed by atoms with Crippen LogP contribution in [-0.4, -0.2) is 6.04 Å². The molecule has 0 radical (unpaired) electrons. The first-order chi connectivity index (χ1) is 9.47. The normalized spacial score (nSPS) is 12.2. The molecule has 20 heavy (non-hydrogen) atoms. The number of hydrogen-bond donors (Lipinski definition) is 1. The van der Waals surface area contributed by atoms with Crippen LogP contribution in [0.5, 0.6) is 11.5 Å². The highest BCUT2D eigenvalue weighted by atomic mass is 79.9. The number of benzene rings is 2. The quantitative estimate of drug-likeness (QED) is 0.841. The molecule has 0 bridgehead atoms. The molecular weight excluding hydrogens is 345 g/mol. The molecule has 1 unspecified atom stereocenters. The highest BCUT2D eigenvalue weighted by Gasteiger charge is 2.12. The summed E-state index contributed by atoms with van der Waals surface area (Å²) in [6.45, 7) is 1.91. The number of ether oxygens (including phenoxy) is 1. The Bertz CT molecular complexity index is 619. The topological polar surface area (TPSA) is 35.2 Å². The van der Waals surface area contributed by atoms with E-state index < -0.39 is 0 Å². The van der Waals surface area contributed by atoms with Crippen molar-refractivity contribution in [2.75, 3.05) is 0 Å². The van der Waals surface area contributed by atoms with Crippen molar-refractivity contribution in [2.45, 2.75) is 19.4 Å². The lowest BCUT2D eigenvalue weighted by Crippen LogP contribution is -2.18. The minimum Gasteiger partial charge on any atom is -0.455 e. The summed E-state index contributed by atoms with van der Waals surface area (Å²) < 4.78 is 19.6. The van der Waals surface area contributed by atoms with Crippen molar-refractivity contribution in [2.24, 2.45) is 5.73 Å². The molecule has 0 aliphatic rings. The van der Waals surface area contributed by atoms with E-state index in [1.165, 1.54) is 6.07 Å². The van der Waals surface area contributed by atoms with Gasteiger partial charge in [0.15, 0.2) is 0 Å². The fourth-order valence-electron chi connectivity index (χ4n) is 1.83. The molecule has 0 heterocycles. The predicted molar refractivity (Wildman–Crippen MR) is 83.0 cm³/mol. The molecule has 5 heteroatoms. The average Bonchev–Trinajstić information content (AvgIpc) is 2.37. The third-order valence-corrected chi connectivity index (χ3v) is 3.64. The SMILES string of the molecule is CC(N)Cc1cccc(Cl)c1Oc1ccc(Br)c(F)c1. The van der Waals surface area contributed by atoms with E-state index in [2.05, 4.69) is 15.9 Å².